The van der Waals surface area contributed by atoms with Gasteiger partial charge in [-0.25, -0.2) is 13.1 Å². The van der Waals surface area contributed by atoms with Gasteiger partial charge in [-0.15, -0.1) is 0 Å². The number of nitrogens with one attached hydrogen (secondary N) is 1. The third-order valence-corrected chi connectivity index (χ3v) is 6.27. The average Bonchev–Trinajstić information content (AvgIpc) is 2.59. The molecule has 1 saturated heterocycles. The quantitative estimate of drug-likeness (QED) is 0.729. The number of piperidine rings is 1. The van der Waals surface area contributed by atoms with E-state index in [1.807, 2.05) is 6.92 Å². The number of methoxy groups -OCH3 is 1. The van der Waals surface area contributed by atoms with Gasteiger partial charge in [0.1, 0.15) is 5.75 Å². The smallest absolute Gasteiger partial charge is 0.240 e. The molecule has 0 spiro atoms. The number of ether oxygens (including phenoxy) is 1. The van der Waals surface area contributed by atoms with Gasteiger partial charge in [-0.3, -0.25) is 0 Å². The number of benzene rings is 1. The lowest BCUT2D eigenvalue weighted by atomic mass is 10.00. The largest absolute Gasteiger partial charge is 0.496 e. The molecule has 0 unspecified atom stereocenters. The van der Waals surface area contributed by atoms with Gasteiger partial charge in [0.2, 0.25) is 10.0 Å². The molecule has 136 valence electrons. The normalized spacial score (nSPS) is 19.4. The van der Waals surface area contributed by atoms with Crippen molar-refractivity contribution in [2.45, 2.75) is 56.9 Å². The summed E-state index contributed by atoms with van der Waals surface area (Å²) in [4.78, 5) is 2.81. The van der Waals surface area contributed by atoms with Gasteiger partial charge in [-0.2, -0.15) is 0 Å². The molecule has 1 fully saturated rings. The maximum atomic E-state index is 12.4. The van der Waals surface area contributed by atoms with E-state index in [0.717, 1.165) is 25.1 Å². The van der Waals surface area contributed by atoms with Gasteiger partial charge < -0.3 is 9.64 Å². The van der Waals surface area contributed by atoms with Crippen molar-refractivity contribution in [3.05, 3.63) is 23.8 Å². The highest BCUT2D eigenvalue weighted by atomic mass is 32.2. The SMILES string of the molecule is CC[C@H]1CCCCN1CCCNS(=O)(=O)c1ccc(OC)c(C)c1. The summed E-state index contributed by atoms with van der Waals surface area (Å²) in [7, 11) is -1.87. The van der Waals surface area contributed by atoms with Crippen molar-refractivity contribution in [1.82, 2.24) is 9.62 Å². The minimum absolute atomic E-state index is 0.296. The summed E-state index contributed by atoms with van der Waals surface area (Å²) in [5, 5.41) is 0. The maximum Gasteiger partial charge on any atom is 0.240 e. The molecule has 0 aromatic heterocycles. The van der Waals surface area contributed by atoms with Crippen LogP contribution < -0.4 is 9.46 Å². The summed E-state index contributed by atoms with van der Waals surface area (Å²) < 4.78 is 32.7. The van der Waals surface area contributed by atoms with Crippen LogP contribution in [-0.2, 0) is 10.0 Å². The van der Waals surface area contributed by atoms with Crippen molar-refractivity contribution in [2.24, 2.45) is 0 Å². The Morgan fingerprint density at radius 2 is 2.12 bits per heavy atom. The maximum absolute atomic E-state index is 12.4. The van der Waals surface area contributed by atoms with E-state index in [2.05, 4.69) is 16.5 Å². The highest BCUT2D eigenvalue weighted by Gasteiger charge is 2.20. The minimum atomic E-state index is -3.45. The molecule has 0 radical (unpaired) electrons. The Labute approximate surface area is 146 Å². The number of rotatable bonds is 8. The van der Waals surface area contributed by atoms with Crippen LogP contribution in [0.2, 0.25) is 0 Å². The van der Waals surface area contributed by atoms with E-state index in [-0.39, 0.29) is 0 Å². The van der Waals surface area contributed by atoms with E-state index < -0.39 is 10.0 Å². The van der Waals surface area contributed by atoms with Crippen molar-refractivity contribution < 1.29 is 13.2 Å². The van der Waals surface area contributed by atoms with Gasteiger partial charge >= 0.3 is 0 Å². The van der Waals surface area contributed by atoms with E-state index >= 15 is 0 Å². The Bertz CT molecular complexity index is 631. The minimum Gasteiger partial charge on any atom is -0.496 e. The predicted octanol–water partition coefficient (Wildman–Crippen LogP) is 2.94. The summed E-state index contributed by atoms with van der Waals surface area (Å²) in [6, 6.07) is 5.61. The van der Waals surface area contributed by atoms with Gasteiger partial charge in [-0.05, 0) is 69.5 Å². The molecule has 1 aliphatic heterocycles. The van der Waals surface area contributed by atoms with Crippen molar-refractivity contribution in [1.29, 1.82) is 0 Å². The summed E-state index contributed by atoms with van der Waals surface area (Å²) in [6.45, 7) is 6.66. The zero-order chi connectivity index (χ0) is 17.6. The lowest BCUT2D eigenvalue weighted by molar-refractivity contribution is 0.143. The first-order valence-electron chi connectivity index (χ1n) is 8.86. The second-order valence-corrected chi connectivity index (χ2v) is 8.24. The van der Waals surface area contributed by atoms with E-state index in [4.69, 9.17) is 4.74 Å². The number of hydrogen-bond donors (Lipinski definition) is 1. The van der Waals surface area contributed by atoms with Gasteiger partial charge in [-0.1, -0.05) is 13.3 Å². The standard InChI is InChI=1S/C18H30N2O3S/c1-4-16-8-5-6-12-20(16)13-7-11-19-24(21,22)17-9-10-18(23-3)15(2)14-17/h9-10,14,16,19H,4-8,11-13H2,1-3H3/t16-/m0/s1. The summed E-state index contributed by atoms with van der Waals surface area (Å²) in [5.74, 6) is 0.699. The Balaban J connectivity index is 1.85. The van der Waals surface area contributed by atoms with Crippen molar-refractivity contribution in [2.75, 3.05) is 26.7 Å². The zero-order valence-corrected chi connectivity index (χ0v) is 15.9. The highest BCUT2D eigenvalue weighted by molar-refractivity contribution is 7.89. The topological polar surface area (TPSA) is 58.6 Å². The Kier molecular flexibility index (Phi) is 7.07. The van der Waals surface area contributed by atoms with Gasteiger partial charge in [0, 0.05) is 12.6 Å². The van der Waals surface area contributed by atoms with Crippen molar-refractivity contribution in [3.8, 4) is 5.75 Å². The molecule has 0 aliphatic carbocycles. The van der Waals surface area contributed by atoms with Crippen molar-refractivity contribution in [3.63, 3.8) is 0 Å². The Hall–Kier alpha value is -1.11. The van der Waals surface area contributed by atoms with Gasteiger partial charge in [0.05, 0.1) is 12.0 Å². The first-order chi connectivity index (χ1) is 11.5. The molecule has 0 amide bonds. The molecule has 1 aliphatic rings. The highest BCUT2D eigenvalue weighted by Crippen LogP contribution is 2.21. The van der Waals surface area contributed by atoms with Crippen LogP contribution >= 0.6 is 0 Å². The molecule has 6 heteroatoms. The summed E-state index contributed by atoms with van der Waals surface area (Å²) >= 11 is 0. The van der Waals surface area contributed by atoms with E-state index in [1.54, 1.807) is 25.3 Å². The van der Waals surface area contributed by atoms with Crippen LogP contribution in [0.25, 0.3) is 0 Å². The first-order valence-corrected chi connectivity index (χ1v) is 10.3. The predicted molar refractivity (Wildman–Crippen MR) is 97.0 cm³/mol. The summed E-state index contributed by atoms with van der Waals surface area (Å²) in [5.41, 5.74) is 0.819. The van der Waals surface area contributed by atoms with Crippen LogP contribution in [0.1, 0.15) is 44.6 Å². The lowest BCUT2D eigenvalue weighted by Crippen LogP contribution is -2.40. The fraction of sp³-hybridized carbons (Fsp3) is 0.667. The third-order valence-electron chi connectivity index (χ3n) is 4.81. The number of aryl methyl sites for hydroxylation is 1. The fourth-order valence-electron chi connectivity index (χ4n) is 3.41. The molecular formula is C18H30N2O3S. The monoisotopic (exact) mass is 354 g/mol. The molecule has 2 rings (SSSR count). The molecule has 24 heavy (non-hydrogen) atoms. The zero-order valence-electron chi connectivity index (χ0n) is 15.0. The van der Waals surface area contributed by atoms with E-state index in [1.165, 1.54) is 25.7 Å². The second kappa shape index (κ2) is 8.83. The number of likely N-dealkylation sites (tertiary alicyclic amines) is 1. The Morgan fingerprint density at radius 3 is 2.79 bits per heavy atom. The molecule has 0 saturated carbocycles. The first kappa shape index (κ1) is 19.2. The molecular weight excluding hydrogens is 324 g/mol. The van der Waals surface area contributed by atoms with Crippen molar-refractivity contribution >= 4 is 10.0 Å². The molecule has 1 aromatic rings. The van der Waals surface area contributed by atoms with E-state index in [9.17, 15) is 8.42 Å². The number of nitrogens with zero attached hydrogens (tertiary/aromatic N) is 1. The lowest BCUT2D eigenvalue weighted by Gasteiger charge is -2.35. The fourth-order valence-corrected chi connectivity index (χ4v) is 4.57. The van der Waals surface area contributed by atoms with Crippen LogP contribution in [0.15, 0.2) is 23.1 Å². The van der Waals surface area contributed by atoms with E-state index in [0.29, 0.717) is 23.2 Å². The average molecular weight is 355 g/mol. The molecule has 1 aromatic carbocycles. The summed E-state index contributed by atoms with van der Waals surface area (Å²) in [6.07, 6.45) is 5.86. The van der Waals surface area contributed by atoms with Gasteiger partial charge in [0.25, 0.3) is 0 Å². The molecule has 1 heterocycles. The van der Waals surface area contributed by atoms with Crippen LogP contribution in [0, 0.1) is 6.92 Å². The molecule has 0 bridgehead atoms. The molecule has 5 nitrogen and oxygen atoms in total. The second-order valence-electron chi connectivity index (χ2n) is 6.48. The van der Waals surface area contributed by atoms with Crippen LogP contribution in [-0.4, -0.2) is 46.1 Å². The number of hydrogen-bond acceptors (Lipinski definition) is 4. The van der Waals surface area contributed by atoms with Crippen LogP contribution in [0.3, 0.4) is 0 Å². The Morgan fingerprint density at radius 1 is 1.33 bits per heavy atom. The molecule has 1 N–H and O–H groups in total. The number of sulfonamides is 1. The van der Waals surface area contributed by atoms with Gasteiger partial charge in [0.15, 0.2) is 0 Å². The third kappa shape index (κ3) is 4.94. The molecule has 1 atom stereocenters. The van der Waals surface area contributed by atoms with Crippen LogP contribution in [0.4, 0.5) is 0 Å². The van der Waals surface area contributed by atoms with Crippen LogP contribution in [0.5, 0.6) is 5.75 Å².